The van der Waals surface area contributed by atoms with Gasteiger partial charge < -0.3 is 9.16 Å². The maximum Gasteiger partial charge on any atom is 0.434 e. The number of aromatic nitrogens is 3. The molecule has 36 heavy (non-hydrogen) atoms. The van der Waals surface area contributed by atoms with Crippen LogP contribution in [0.2, 0.25) is 18.1 Å². The van der Waals surface area contributed by atoms with Crippen molar-refractivity contribution < 1.29 is 27.1 Å². The average Bonchev–Trinajstić information content (AvgIpc) is 3.24. The van der Waals surface area contributed by atoms with Crippen LogP contribution in [0, 0.1) is 5.92 Å². The van der Waals surface area contributed by atoms with Gasteiger partial charge in [0.1, 0.15) is 5.56 Å². The first-order valence-electron chi connectivity index (χ1n) is 12.3. The Morgan fingerprint density at radius 2 is 1.92 bits per heavy atom. The molecule has 10 heteroatoms. The third-order valence-electron chi connectivity index (χ3n) is 7.13. The number of nitrogens with zero attached hydrogens (tertiary/aromatic N) is 3. The summed E-state index contributed by atoms with van der Waals surface area (Å²) in [5.74, 6) is -0.653. The normalized spacial score (nSPS) is 17.4. The summed E-state index contributed by atoms with van der Waals surface area (Å²) in [6.45, 7) is 15.1. The SMILES string of the molecule is CCOC(=O)c1cnn(-c2cccc(C3=C(CO[Si](C)(C)C(C)(C)C)CCC(C)C3)n2)c1C(F)(F)F. The molecule has 1 aliphatic rings. The Kier molecular flexibility index (Phi) is 8.19. The van der Waals surface area contributed by atoms with Crippen molar-refractivity contribution in [3.63, 3.8) is 0 Å². The zero-order valence-corrected chi connectivity index (χ0v) is 23.1. The minimum absolute atomic E-state index is 0.00855. The van der Waals surface area contributed by atoms with Gasteiger partial charge in [-0.05, 0) is 73.5 Å². The zero-order chi connectivity index (χ0) is 26.9. The quantitative estimate of drug-likeness (QED) is 0.287. The van der Waals surface area contributed by atoms with Crippen molar-refractivity contribution in [2.75, 3.05) is 13.2 Å². The average molecular weight is 524 g/mol. The Labute approximate surface area is 212 Å². The third kappa shape index (κ3) is 6.08. The highest BCUT2D eigenvalue weighted by molar-refractivity contribution is 6.74. The molecule has 2 aromatic heterocycles. The zero-order valence-electron chi connectivity index (χ0n) is 22.1. The molecular weight excluding hydrogens is 487 g/mol. The van der Waals surface area contributed by atoms with Crippen LogP contribution in [-0.2, 0) is 15.3 Å². The molecular formula is C26H36F3N3O3Si. The van der Waals surface area contributed by atoms with Gasteiger partial charge >= 0.3 is 12.1 Å². The topological polar surface area (TPSA) is 66.2 Å². The predicted octanol–water partition coefficient (Wildman–Crippen LogP) is 7.06. The highest BCUT2D eigenvalue weighted by Crippen LogP contribution is 2.40. The van der Waals surface area contributed by atoms with Crippen LogP contribution in [0.3, 0.4) is 0 Å². The number of esters is 1. The fraction of sp³-hybridized carbons (Fsp3) is 0.577. The molecule has 6 nitrogen and oxygen atoms in total. The van der Waals surface area contributed by atoms with E-state index in [1.54, 1.807) is 6.07 Å². The monoisotopic (exact) mass is 523 g/mol. The van der Waals surface area contributed by atoms with Crippen molar-refractivity contribution in [3.05, 3.63) is 46.9 Å². The van der Waals surface area contributed by atoms with E-state index in [1.807, 2.05) is 6.07 Å². The van der Waals surface area contributed by atoms with Gasteiger partial charge in [-0.15, -0.1) is 0 Å². The summed E-state index contributed by atoms with van der Waals surface area (Å²) >= 11 is 0. The summed E-state index contributed by atoms with van der Waals surface area (Å²) in [7, 11) is -1.98. The number of hydrogen-bond donors (Lipinski definition) is 0. The lowest BCUT2D eigenvalue weighted by Gasteiger charge is -2.37. The second-order valence-corrected chi connectivity index (χ2v) is 15.7. The van der Waals surface area contributed by atoms with E-state index in [2.05, 4.69) is 50.9 Å². The second kappa shape index (κ2) is 10.5. The van der Waals surface area contributed by atoms with E-state index in [0.29, 0.717) is 22.9 Å². The first kappa shape index (κ1) is 28.1. The molecule has 0 spiro atoms. The molecule has 2 aromatic rings. The standard InChI is InChI=1S/C26H36F3N3O3Si/c1-8-34-24(33)20-15-30-32(23(20)26(27,28)29)22-11-9-10-21(31-22)19-14-17(2)12-13-18(19)16-35-36(6,7)25(3,4)5/h9-11,15,17H,8,12-14,16H2,1-7H3. The number of ether oxygens (including phenoxy) is 1. The van der Waals surface area contributed by atoms with Gasteiger partial charge in [-0.25, -0.2) is 14.5 Å². The predicted molar refractivity (Wildman–Crippen MR) is 135 cm³/mol. The van der Waals surface area contributed by atoms with E-state index in [4.69, 9.17) is 9.16 Å². The van der Waals surface area contributed by atoms with Crippen molar-refractivity contribution in [1.29, 1.82) is 0 Å². The van der Waals surface area contributed by atoms with Crippen LogP contribution in [-0.4, -0.2) is 42.3 Å². The molecule has 1 atom stereocenters. The number of allylic oxidation sites excluding steroid dienone is 1. The molecule has 0 fully saturated rings. The van der Waals surface area contributed by atoms with Gasteiger partial charge in [0.05, 0.1) is 25.1 Å². The Bertz CT molecular complexity index is 1130. The summed E-state index contributed by atoms with van der Waals surface area (Å²) in [6, 6.07) is 4.94. The molecule has 0 radical (unpaired) electrons. The summed E-state index contributed by atoms with van der Waals surface area (Å²) in [5, 5.41) is 3.94. The number of halogens is 3. The lowest BCUT2D eigenvalue weighted by molar-refractivity contribution is -0.143. The van der Waals surface area contributed by atoms with Crippen molar-refractivity contribution >= 4 is 19.9 Å². The minimum atomic E-state index is -4.82. The summed E-state index contributed by atoms with van der Waals surface area (Å²) < 4.78 is 53.9. The van der Waals surface area contributed by atoms with E-state index >= 15 is 0 Å². The Morgan fingerprint density at radius 3 is 2.53 bits per heavy atom. The molecule has 0 aromatic carbocycles. The molecule has 0 aliphatic heterocycles. The number of pyridine rings is 1. The van der Waals surface area contributed by atoms with Crippen LogP contribution in [0.4, 0.5) is 13.2 Å². The van der Waals surface area contributed by atoms with Crippen molar-refractivity contribution in [2.45, 2.75) is 78.2 Å². The maximum atomic E-state index is 14.0. The third-order valence-corrected chi connectivity index (χ3v) is 11.6. The van der Waals surface area contributed by atoms with Crippen LogP contribution in [0.5, 0.6) is 0 Å². The number of rotatable bonds is 7. The molecule has 0 saturated carbocycles. The van der Waals surface area contributed by atoms with Crippen molar-refractivity contribution in [2.24, 2.45) is 5.92 Å². The fourth-order valence-corrected chi connectivity index (χ4v) is 4.93. The van der Waals surface area contributed by atoms with Crippen molar-refractivity contribution in [1.82, 2.24) is 14.8 Å². The fourth-order valence-electron chi connectivity index (χ4n) is 3.96. The molecule has 0 bridgehead atoms. The smallest absolute Gasteiger partial charge is 0.434 e. The molecule has 198 valence electrons. The maximum absolute atomic E-state index is 14.0. The van der Waals surface area contributed by atoms with E-state index in [9.17, 15) is 18.0 Å². The number of hydrogen-bond acceptors (Lipinski definition) is 5. The summed E-state index contributed by atoms with van der Waals surface area (Å²) in [4.78, 5) is 16.7. The highest BCUT2D eigenvalue weighted by atomic mass is 28.4. The van der Waals surface area contributed by atoms with Gasteiger partial charge in [-0.2, -0.15) is 18.3 Å². The van der Waals surface area contributed by atoms with Crippen LogP contribution in [0.15, 0.2) is 30.0 Å². The van der Waals surface area contributed by atoms with E-state index < -0.39 is 31.7 Å². The molecule has 1 unspecified atom stereocenters. The summed E-state index contributed by atoms with van der Waals surface area (Å²) in [6.07, 6.45) is -1.28. The lowest BCUT2D eigenvalue weighted by atomic mass is 9.83. The van der Waals surface area contributed by atoms with Crippen LogP contribution >= 0.6 is 0 Å². The highest BCUT2D eigenvalue weighted by Gasteiger charge is 2.41. The van der Waals surface area contributed by atoms with E-state index in [0.717, 1.165) is 36.6 Å². The molecule has 3 rings (SSSR count). The van der Waals surface area contributed by atoms with Crippen LogP contribution in [0.1, 0.15) is 75.6 Å². The molecule has 0 N–H and O–H groups in total. The lowest BCUT2D eigenvalue weighted by Crippen LogP contribution is -2.41. The minimum Gasteiger partial charge on any atom is -0.462 e. The van der Waals surface area contributed by atoms with Crippen LogP contribution in [0.25, 0.3) is 11.4 Å². The van der Waals surface area contributed by atoms with Gasteiger partial charge in [-0.1, -0.05) is 33.8 Å². The molecule has 1 aliphatic carbocycles. The molecule has 0 saturated heterocycles. The second-order valence-electron chi connectivity index (χ2n) is 10.9. The van der Waals surface area contributed by atoms with Gasteiger partial charge in [0.15, 0.2) is 19.8 Å². The largest absolute Gasteiger partial charge is 0.462 e. The Morgan fingerprint density at radius 1 is 1.22 bits per heavy atom. The van der Waals surface area contributed by atoms with Gasteiger partial charge in [0, 0.05) is 0 Å². The van der Waals surface area contributed by atoms with Crippen LogP contribution < -0.4 is 0 Å². The molecule has 2 heterocycles. The van der Waals surface area contributed by atoms with Gasteiger partial charge in [0.25, 0.3) is 0 Å². The Balaban J connectivity index is 2.04. The van der Waals surface area contributed by atoms with E-state index in [-0.39, 0.29) is 17.5 Å². The number of carbonyl (C=O) groups is 1. The number of alkyl halides is 3. The molecule has 0 amide bonds. The van der Waals surface area contributed by atoms with Crippen molar-refractivity contribution in [3.8, 4) is 5.82 Å². The Hall–Kier alpha value is -2.46. The van der Waals surface area contributed by atoms with Gasteiger partial charge in [-0.3, -0.25) is 0 Å². The summed E-state index contributed by atoms with van der Waals surface area (Å²) in [5.41, 5.74) is 0.935. The van der Waals surface area contributed by atoms with Gasteiger partial charge in [0.2, 0.25) is 0 Å². The van der Waals surface area contributed by atoms with E-state index in [1.165, 1.54) is 13.0 Å². The first-order valence-corrected chi connectivity index (χ1v) is 15.2. The first-order chi connectivity index (χ1) is 16.7. The number of carbonyl (C=O) groups excluding carboxylic acids is 1.